The lowest BCUT2D eigenvalue weighted by Gasteiger charge is -2.27. The van der Waals surface area contributed by atoms with Crippen LogP contribution in [0.2, 0.25) is 0 Å². The average Bonchev–Trinajstić information content (AvgIpc) is 2.95. The van der Waals surface area contributed by atoms with Crippen molar-refractivity contribution in [1.29, 1.82) is 0 Å². The molecule has 5 atom stereocenters. The number of thioether (sulfide) groups is 1. The first kappa shape index (κ1) is 10.5. The maximum atomic E-state index is 6.37. The molecule has 3 fully saturated rings. The second kappa shape index (κ2) is 4.29. The monoisotopic (exact) mass is 225 g/mol. The van der Waals surface area contributed by atoms with Crippen molar-refractivity contribution in [2.24, 2.45) is 23.5 Å². The number of nitrogens with two attached hydrogens (primary N) is 1. The lowest BCUT2D eigenvalue weighted by molar-refractivity contribution is 0.292. The van der Waals surface area contributed by atoms with Gasteiger partial charge in [0.15, 0.2) is 0 Å². The van der Waals surface area contributed by atoms with Gasteiger partial charge in [0, 0.05) is 11.3 Å². The van der Waals surface area contributed by atoms with Gasteiger partial charge < -0.3 is 5.73 Å². The lowest BCUT2D eigenvalue weighted by Crippen LogP contribution is -2.34. The Labute approximate surface area is 97.6 Å². The fourth-order valence-electron chi connectivity index (χ4n) is 4.11. The van der Waals surface area contributed by atoms with Gasteiger partial charge in [-0.15, -0.1) is 0 Å². The van der Waals surface area contributed by atoms with Gasteiger partial charge in [-0.1, -0.05) is 6.42 Å². The summed E-state index contributed by atoms with van der Waals surface area (Å²) >= 11 is 2.13. The molecular formula is C13H23NS. The highest BCUT2D eigenvalue weighted by atomic mass is 32.2. The van der Waals surface area contributed by atoms with Gasteiger partial charge in [0.25, 0.3) is 0 Å². The van der Waals surface area contributed by atoms with Gasteiger partial charge in [-0.05, 0) is 62.0 Å². The summed E-state index contributed by atoms with van der Waals surface area (Å²) in [5.74, 6) is 4.51. The third kappa shape index (κ3) is 2.08. The van der Waals surface area contributed by atoms with Gasteiger partial charge in [-0.25, -0.2) is 0 Å². The predicted molar refractivity (Wildman–Crippen MR) is 67.0 cm³/mol. The molecule has 2 heteroatoms. The van der Waals surface area contributed by atoms with Gasteiger partial charge in [0.2, 0.25) is 0 Å². The average molecular weight is 225 g/mol. The summed E-state index contributed by atoms with van der Waals surface area (Å²) in [7, 11) is 0. The van der Waals surface area contributed by atoms with Gasteiger partial charge in [0.1, 0.15) is 0 Å². The first-order chi connectivity index (χ1) is 7.33. The molecule has 1 saturated heterocycles. The Morgan fingerprint density at radius 2 is 2.13 bits per heavy atom. The minimum Gasteiger partial charge on any atom is -0.327 e. The number of fused-ring (bicyclic) bond motifs is 2. The van der Waals surface area contributed by atoms with Crippen LogP contribution in [0.1, 0.15) is 44.9 Å². The summed E-state index contributed by atoms with van der Waals surface area (Å²) in [5.41, 5.74) is 6.37. The van der Waals surface area contributed by atoms with E-state index in [0.717, 1.165) is 23.0 Å². The van der Waals surface area contributed by atoms with Crippen LogP contribution in [-0.2, 0) is 0 Å². The normalized spacial score (nSPS) is 46.2. The van der Waals surface area contributed by atoms with E-state index >= 15 is 0 Å². The van der Waals surface area contributed by atoms with Gasteiger partial charge in [-0.3, -0.25) is 0 Å². The molecule has 2 bridgehead atoms. The minimum atomic E-state index is 0.502. The summed E-state index contributed by atoms with van der Waals surface area (Å²) in [4.78, 5) is 0. The Kier molecular flexibility index (Phi) is 2.99. The maximum Gasteiger partial charge on any atom is 0.0199 e. The highest BCUT2D eigenvalue weighted by Crippen LogP contribution is 2.50. The summed E-state index contributed by atoms with van der Waals surface area (Å²) in [6.45, 7) is 0. The zero-order valence-electron chi connectivity index (χ0n) is 9.53. The molecule has 0 radical (unpaired) electrons. The van der Waals surface area contributed by atoms with Crippen LogP contribution >= 0.6 is 11.8 Å². The molecule has 3 aliphatic rings. The Balaban J connectivity index is 1.52. The van der Waals surface area contributed by atoms with Crippen LogP contribution in [0.25, 0.3) is 0 Å². The molecule has 0 aromatic rings. The first-order valence-electron chi connectivity index (χ1n) is 6.70. The van der Waals surface area contributed by atoms with E-state index in [4.69, 9.17) is 5.73 Å². The van der Waals surface area contributed by atoms with Crippen LogP contribution in [0.4, 0.5) is 0 Å². The van der Waals surface area contributed by atoms with Gasteiger partial charge in [0.05, 0.1) is 0 Å². The van der Waals surface area contributed by atoms with Crippen molar-refractivity contribution in [3.63, 3.8) is 0 Å². The molecule has 2 aliphatic carbocycles. The number of hydrogen-bond acceptors (Lipinski definition) is 2. The topological polar surface area (TPSA) is 26.0 Å². The van der Waals surface area contributed by atoms with Crippen molar-refractivity contribution < 1.29 is 0 Å². The molecule has 5 unspecified atom stereocenters. The smallest absolute Gasteiger partial charge is 0.0199 e. The molecule has 1 aliphatic heterocycles. The van der Waals surface area contributed by atoms with Crippen LogP contribution in [0.3, 0.4) is 0 Å². The van der Waals surface area contributed by atoms with Gasteiger partial charge in [-0.2, -0.15) is 11.8 Å². The molecule has 0 amide bonds. The summed E-state index contributed by atoms with van der Waals surface area (Å²) in [5, 5.41) is 0.795. The van der Waals surface area contributed by atoms with E-state index < -0.39 is 0 Å². The second-order valence-corrected chi connectivity index (χ2v) is 7.23. The molecule has 0 aromatic carbocycles. The van der Waals surface area contributed by atoms with Crippen molar-refractivity contribution >= 4 is 11.8 Å². The zero-order chi connectivity index (χ0) is 10.3. The van der Waals surface area contributed by atoms with E-state index in [-0.39, 0.29) is 0 Å². The zero-order valence-corrected chi connectivity index (χ0v) is 10.3. The van der Waals surface area contributed by atoms with E-state index in [1.165, 1.54) is 50.7 Å². The molecule has 0 aromatic heterocycles. The molecule has 1 heterocycles. The quantitative estimate of drug-likeness (QED) is 0.799. The highest BCUT2D eigenvalue weighted by Gasteiger charge is 2.40. The largest absolute Gasteiger partial charge is 0.327 e. The second-order valence-electron chi connectivity index (χ2n) is 5.89. The maximum absolute atomic E-state index is 6.37. The van der Waals surface area contributed by atoms with Crippen molar-refractivity contribution in [2.75, 3.05) is 5.75 Å². The Morgan fingerprint density at radius 1 is 1.20 bits per heavy atom. The van der Waals surface area contributed by atoms with Crippen molar-refractivity contribution in [3.05, 3.63) is 0 Å². The van der Waals surface area contributed by atoms with Crippen LogP contribution in [0, 0.1) is 17.8 Å². The predicted octanol–water partition coefficient (Wildman–Crippen LogP) is 3.04. The third-order valence-electron chi connectivity index (χ3n) is 4.90. The highest BCUT2D eigenvalue weighted by molar-refractivity contribution is 8.00. The molecule has 1 nitrogen and oxygen atoms in total. The number of rotatable bonds is 3. The fourth-order valence-corrected chi connectivity index (χ4v) is 5.43. The van der Waals surface area contributed by atoms with E-state index in [9.17, 15) is 0 Å². The minimum absolute atomic E-state index is 0.502. The third-order valence-corrected chi connectivity index (χ3v) is 6.44. The van der Waals surface area contributed by atoms with E-state index in [1.807, 2.05) is 0 Å². The first-order valence-corrected chi connectivity index (χ1v) is 7.75. The lowest BCUT2D eigenvalue weighted by atomic mass is 9.83. The Bertz CT molecular complexity index is 225. The standard InChI is InChI=1S/C13H23NS/c14-12(13-2-1-5-15-13)8-11-7-9-3-4-10(11)6-9/h9-13H,1-8,14H2. The molecule has 2 N–H and O–H groups in total. The molecule has 3 rings (SSSR count). The molecule has 86 valence electrons. The van der Waals surface area contributed by atoms with Crippen molar-refractivity contribution in [2.45, 2.75) is 56.2 Å². The number of hydrogen-bond donors (Lipinski definition) is 1. The summed E-state index contributed by atoms with van der Waals surface area (Å²) < 4.78 is 0. The molecular weight excluding hydrogens is 202 g/mol. The Morgan fingerprint density at radius 3 is 2.73 bits per heavy atom. The van der Waals surface area contributed by atoms with E-state index in [2.05, 4.69) is 11.8 Å². The van der Waals surface area contributed by atoms with Crippen LogP contribution in [0.5, 0.6) is 0 Å². The van der Waals surface area contributed by atoms with Crippen LogP contribution < -0.4 is 5.73 Å². The van der Waals surface area contributed by atoms with Gasteiger partial charge >= 0.3 is 0 Å². The van der Waals surface area contributed by atoms with Crippen LogP contribution in [-0.4, -0.2) is 17.0 Å². The Hall–Kier alpha value is 0.310. The van der Waals surface area contributed by atoms with Crippen molar-refractivity contribution in [3.8, 4) is 0 Å². The van der Waals surface area contributed by atoms with E-state index in [0.29, 0.717) is 6.04 Å². The fraction of sp³-hybridized carbons (Fsp3) is 1.00. The molecule has 2 saturated carbocycles. The van der Waals surface area contributed by atoms with E-state index in [1.54, 1.807) is 0 Å². The van der Waals surface area contributed by atoms with Crippen LogP contribution in [0.15, 0.2) is 0 Å². The summed E-state index contributed by atoms with van der Waals surface area (Å²) in [6.07, 6.45) is 10.2. The van der Waals surface area contributed by atoms with Crippen molar-refractivity contribution in [1.82, 2.24) is 0 Å². The molecule has 0 spiro atoms. The molecule has 15 heavy (non-hydrogen) atoms. The SMILES string of the molecule is NC(CC1CC2CCC1C2)C1CCCS1. The summed E-state index contributed by atoms with van der Waals surface area (Å²) in [6, 6.07) is 0.502.